The van der Waals surface area contributed by atoms with Crippen LogP contribution in [-0.4, -0.2) is 14.1 Å². The minimum absolute atomic E-state index is 1.03. The number of fused-ring (bicyclic) bond motifs is 7. The van der Waals surface area contributed by atoms with E-state index in [1.54, 1.807) is 0 Å². The van der Waals surface area contributed by atoms with Crippen LogP contribution in [0.1, 0.15) is 11.1 Å². The van der Waals surface area contributed by atoms with Gasteiger partial charge in [-0.3, -0.25) is 4.98 Å². The standard InChI is InChI=1S/C31H23N3/c1-20-9-7-11-22(17-20)33-27-15-5-3-13-24(27)26-19-32-29-25-14-4-6-16-28(25)34(31(29)30(26)33)23-12-8-10-21(2)18-23/h3-19H,1-2H3. The molecule has 34 heavy (non-hydrogen) atoms. The first-order valence-corrected chi connectivity index (χ1v) is 11.7. The van der Waals surface area contributed by atoms with Crippen molar-refractivity contribution in [3.63, 3.8) is 0 Å². The molecule has 0 bridgehead atoms. The molecule has 0 spiro atoms. The second kappa shape index (κ2) is 7.06. The molecule has 162 valence electrons. The number of aromatic nitrogens is 3. The quantitative estimate of drug-likeness (QED) is 0.270. The SMILES string of the molecule is Cc1cccc(-n2c3ccccc3c3cnc4c5ccccc5n(-c5cccc(C)c5)c4c32)c1. The Bertz CT molecular complexity index is 1750. The van der Waals surface area contributed by atoms with E-state index in [9.17, 15) is 0 Å². The lowest BCUT2D eigenvalue weighted by Gasteiger charge is -2.13. The maximum Gasteiger partial charge on any atom is 0.0985 e. The van der Waals surface area contributed by atoms with E-state index in [2.05, 4.69) is 126 Å². The largest absolute Gasteiger partial charge is 0.307 e. The molecular formula is C31H23N3. The molecule has 0 atom stereocenters. The lowest BCUT2D eigenvalue weighted by Crippen LogP contribution is -1.99. The van der Waals surface area contributed by atoms with Crippen LogP contribution in [0.3, 0.4) is 0 Å². The number of benzene rings is 4. The number of aryl methyl sites for hydroxylation is 2. The van der Waals surface area contributed by atoms with Crippen LogP contribution in [0.25, 0.3) is 55.1 Å². The van der Waals surface area contributed by atoms with E-state index in [1.807, 2.05) is 0 Å². The molecule has 7 rings (SSSR count). The Labute approximate surface area is 197 Å². The van der Waals surface area contributed by atoms with Crippen molar-refractivity contribution < 1.29 is 0 Å². The molecule has 0 aliphatic carbocycles. The number of pyridine rings is 1. The van der Waals surface area contributed by atoms with Gasteiger partial charge in [0.25, 0.3) is 0 Å². The van der Waals surface area contributed by atoms with Gasteiger partial charge in [0.1, 0.15) is 0 Å². The Morgan fingerprint density at radius 1 is 0.529 bits per heavy atom. The Hall–Kier alpha value is -4.37. The fourth-order valence-electron chi connectivity index (χ4n) is 5.40. The summed E-state index contributed by atoms with van der Waals surface area (Å²) in [4.78, 5) is 5.05. The average molecular weight is 438 g/mol. The molecule has 0 aliphatic rings. The van der Waals surface area contributed by atoms with E-state index in [4.69, 9.17) is 4.98 Å². The minimum Gasteiger partial charge on any atom is -0.307 e. The average Bonchev–Trinajstić information content (AvgIpc) is 3.37. The Kier molecular flexibility index (Phi) is 3.97. The van der Waals surface area contributed by atoms with Crippen molar-refractivity contribution in [1.29, 1.82) is 0 Å². The molecule has 0 radical (unpaired) electrons. The molecule has 0 unspecified atom stereocenters. The summed E-state index contributed by atoms with van der Waals surface area (Å²) in [5.74, 6) is 0. The number of rotatable bonds is 2. The molecule has 3 heterocycles. The van der Waals surface area contributed by atoms with Crippen molar-refractivity contribution >= 4 is 43.7 Å². The highest BCUT2D eigenvalue weighted by Gasteiger charge is 2.21. The third-order valence-electron chi connectivity index (χ3n) is 6.83. The first-order valence-electron chi connectivity index (χ1n) is 11.7. The number of para-hydroxylation sites is 2. The van der Waals surface area contributed by atoms with Gasteiger partial charge in [-0.1, -0.05) is 60.7 Å². The Morgan fingerprint density at radius 2 is 1.09 bits per heavy atom. The summed E-state index contributed by atoms with van der Waals surface area (Å²) in [5, 5.41) is 3.55. The molecular weight excluding hydrogens is 414 g/mol. The van der Waals surface area contributed by atoms with Crippen molar-refractivity contribution in [3.8, 4) is 11.4 Å². The number of nitrogens with zero attached hydrogens (tertiary/aromatic N) is 3. The van der Waals surface area contributed by atoms with Gasteiger partial charge in [0, 0.05) is 33.7 Å². The van der Waals surface area contributed by atoms with E-state index in [1.165, 1.54) is 49.5 Å². The normalized spacial score (nSPS) is 11.8. The number of hydrogen-bond acceptors (Lipinski definition) is 1. The molecule has 0 N–H and O–H groups in total. The first-order chi connectivity index (χ1) is 16.7. The van der Waals surface area contributed by atoms with Gasteiger partial charge in [-0.2, -0.15) is 0 Å². The fraction of sp³-hybridized carbons (Fsp3) is 0.0645. The van der Waals surface area contributed by atoms with E-state index in [0.29, 0.717) is 0 Å². The van der Waals surface area contributed by atoms with E-state index in [0.717, 1.165) is 16.7 Å². The smallest absolute Gasteiger partial charge is 0.0985 e. The summed E-state index contributed by atoms with van der Waals surface area (Å²) in [6.07, 6.45) is 2.05. The van der Waals surface area contributed by atoms with Crippen LogP contribution in [-0.2, 0) is 0 Å². The summed E-state index contributed by atoms with van der Waals surface area (Å²) >= 11 is 0. The zero-order valence-corrected chi connectivity index (χ0v) is 19.2. The lowest BCUT2D eigenvalue weighted by atomic mass is 10.1. The van der Waals surface area contributed by atoms with Gasteiger partial charge in [-0.15, -0.1) is 0 Å². The summed E-state index contributed by atoms with van der Waals surface area (Å²) in [7, 11) is 0. The van der Waals surface area contributed by atoms with Crippen molar-refractivity contribution in [3.05, 3.63) is 114 Å². The Balaban J connectivity index is 1.79. The monoisotopic (exact) mass is 437 g/mol. The summed E-state index contributed by atoms with van der Waals surface area (Å²) in [6.45, 7) is 4.30. The van der Waals surface area contributed by atoms with E-state index in [-0.39, 0.29) is 0 Å². The lowest BCUT2D eigenvalue weighted by molar-refractivity contribution is 1.14. The highest BCUT2D eigenvalue weighted by Crippen LogP contribution is 2.40. The zero-order chi connectivity index (χ0) is 22.8. The van der Waals surface area contributed by atoms with Gasteiger partial charge in [0.15, 0.2) is 0 Å². The zero-order valence-electron chi connectivity index (χ0n) is 19.2. The molecule has 0 saturated heterocycles. The minimum atomic E-state index is 1.03. The van der Waals surface area contributed by atoms with Crippen molar-refractivity contribution in [1.82, 2.24) is 14.1 Å². The predicted octanol–water partition coefficient (Wildman–Crippen LogP) is 7.89. The van der Waals surface area contributed by atoms with Crippen LogP contribution in [0.2, 0.25) is 0 Å². The molecule has 3 heteroatoms. The fourth-order valence-corrected chi connectivity index (χ4v) is 5.40. The number of hydrogen-bond donors (Lipinski definition) is 0. The van der Waals surface area contributed by atoms with Crippen LogP contribution < -0.4 is 0 Å². The third kappa shape index (κ3) is 2.61. The summed E-state index contributed by atoms with van der Waals surface area (Å²) in [5.41, 5.74) is 10.5. The first kappa shape index (κ1) is 19.1. The molecule has 0 aliphatic heterocycles. The van der Waals surface area contributed by atoms with Gasteiger partial charge < -0.3 is 9.13 Å². The second-order valence-corrected chi connectivity index (χ2v) is 9.10. The molecule has 0 fully saturated rings. The molecule has 3 nitrogen and oxygen atoms in total. The molecule has 0 amide bonds. The topological polar surface area (TPSA) is 22.8 Å². The van der Waals surface area contributed by atoms with Crippen LogP contribution in [0.5, 0.6) is 0 Å². The summed E-state index contributed by atoms with van der Waals surface area (Å²) < 4.78 is 4.80. The highest BCUT2D eigenvalue weighted by atomic mass is 15.1. The van der Waals surface area contributed by atoms with Crippen molar-refractivity contribution in [2.24, 2.45) is 0 Å². The van der Waals surface area contributed by atoms with Gasteiger partial charge >= 0.3 is 0 Å². The van der Waals surface area contributed by atoms with Gasteiger partial charge in [-0.05, 0) is 61.4 Å². The van der Waals surface area contributed by atoms with E-state index < -0.39 is 0 Å². The van der Waals surface area contributed by atoms with Crippen molar-refractivity contribution in [2.45, 2.75) is 13.8 Å². The second-order valence-electron chi connectivity index (χ2n) is 9.10. The van der Waals surface area contributed by atoms with Crippen molar-refractivity contribution in [2.75, 3.05) is 0 Å². The third-order valence-corrected chi connectivity index (χ3v) is 6.83. The van der Waals surface area contributed by atoms with Gasteiger partial charge in [0.2, 0.25) is 0 Å². The molecule has 0 saturated carbocycles. The van der Waals surface area contributed by atoms with Crippen LogP contribution >= 0.6 is 0 Å². The molecule has 7 aromatic rings. The molecule has 3 aromatic heterocycles. The van der Waals surface area contributed by atoms with Crippen LogP contribution in [0.4, 0.5) is 0 Å². The maximum atomic E-state index is 5.05. The predicted molar refractivity (Wildman–Crippen MR) is 142 cm³/mol. The highest BCUT2D eigenvalue weighted by molar-refractivity contribution is 6.22. The maximum absolute atomic E-state index is 5.05. The van der Waals surface area contributed by atoms with Crippen LogP contribution in [0.15, 0.2) is 103 Å². The summed E-state index contributed by atoms with van der Waals surface area (Å²) in [6, 6.07) is 34.7. The Morgan fingerprint density at radius 3 is 1.74 bits per heavy atom. The van der Waals surface area contributed by atoms with Gasteiger partial charge in [-0.25, -0.2) is 0 Å². The van der Waals surface area contributed by atoms with Gasteiger partial charge in [0.05, 0.1) is 27.6 Å². The van der Waals surface area contributed by atoms with Crippen LogP contribution in [0, 0.1) is 13.8 Å². The van der Waals surface area contributed by atoms with E-state index >= 15 is 0 Å². The molecule has 4 aromatic carbocycles.